The lowest BCUT2D eigenvalue weighted by molar-refractivity contribution is -0.297. The zero-order valence-electron chi connectivity index (χ0n) is 37.7. The lowest BCUT2D eigenvalue weighted by atomic mass is 10.00. The third-order valence-electron chi connectivity index (χ3n) is 9.96. The summed E-state index contributed by atoms with van der Waals surface area (Å²) in [6.07, 6.45) is 40.7. The Morgan fingerprint density at radius 1 is 0.548 bits per heavy atom. The molecule has 1 aliphatic heterocycles. The first-order valence-corrected chi connectivity index (χ1v) is 24.8. The van der Waals surface area contributed by atoms with E-state index in [9.17, 15) is 37.9 Å². The number of allylic oxidation sites excluding steroid dienone is 14. The molecule has 0 aliphatic carbocycles. The average Bonchev–Trinajstić information content (AvgIpc) is 3.24. The van der Waals surface area contributed by atoms with Crippen LogP contribution in [-0.2, 0) is 38.7 Å². The molecule has 1 heterocycles. The standard InChI is InChI=1S/C49H80O12S/c1-3-5-7-9-11-13-15-17-19-20-21-22-24-25-27-29-31-33-35-37-44(50)58-39-42(40-59-49-48(54)47(53)46(52)43(61-49)41-62(55,56)57)60-45(51)38-36-34-32-30-28-26-23-18-16-14-12-10-8-6-4-2/h11,13,17-19,21-23,25,27-28,30-31,33,42-43,46-49,52-54H,3-10,12,14-16,20,24,26,29,32,34-41H2,1-2H3,(H,55,56,57)/b13-11+,19-17+,22-21+,23-18+,27-25+,30-28+,33-31+/t42-,43-,46-,47?,48?,49+/m1/s1. The van der Waals surface area contributed by atoms with Crippen molar-refractivity contribution in [2.75, 3.05) is 19.0 Å². The molecule has 1 saturated heterocycles. The van der Waals surface area contributed by atoms with Crippen LogP contribution in [0.3, 0.4) is 0 Å². The van der Waals surface area contributed by atoms with Crippen molar-refractivity contribution in [3.05, 3.63) is 85.1 Å². The molecule has 0 saturated carbocycles. The molecule has 0 radical (unpaired) electrons. The van der Waals surface area contributed by atoms with Crippen molar-refractivity contribution in [2.24, 2.45) is 0 Å². The Balaban J connectivity index is 2.52. The molecule has 1 fully saturated rings. The summed E-state index contributed by atoms with van der Waals surface area (Å²) in [5, 5.41) is 30.9. The third kappa shape index (κ3) is 32.5. The predicted molar refractivity (Wildman–Crippen MR) is 247 cm³/mol. The van der Waals surface area contributed by atoms with Crippen LogP contribution in [0, 0.1) is 0 Å². The Labute approximate surface area is 373 Å². The molecule has 2 unspecified atom stereocenters. The van der Waals surface area contributed by atoms with Crippen molar-refractivity contribution in [1.29, 1.82) is 0 Å². The van der Waals surface area contributed by atoms with E-state index in [-0.39, 0.29) is 19.4 Å². The number of ether oxygens (including phenoxy) is 4. The Hall–Kier alpha value is -3.17. The van der Waals surface area contributed by atoms with Crippen molar-refractivity contribution >= 4 is 22.1 Å². The second kappa shape index (κ2) is 38.3. The van der Waals surface area contributed by atoms with Crippen LogP contribution in [0.15, 0.2) is 85.1 Å². The molecule has 12 nitrogen and oxygen atoms in total. The highest BCUT2D eigenvalue weighted by molar-refractivity contribution is 7.85. The number of esters is 2. The maximum absolute atomic E-state index is 12.8. The number of aliphatic hydroxyl groups excluding tert-OH is 3. The predicted octanol–water partition coefficient (Wildman–Crippen LogP) is 9.67. The van der Waals surface area contributed by atoms with Gasteiger partial charge >= 0.3 is 11.9 Å². The average molecular weight is 893 g/mol. The van der Waals surface area contributed by atoms with E-state index in [1.807, 2.05) is 12.2 Å². The van der Waals surface area contributed by atoms with Crippen LogP contribution in [0.1, 0.15) is 155 Å². The van der Waals surface area contributed by atoms with Gasteiger partial charge in [0.15, 0.2) is 12.4 Å². The first kappa shape index (κ1) is 56.8. The molecule has 0 spiro atoms. The maximum atomic E-state index is 12.8. The minimum absolute atomic E-state index is 0.0842. The largest absolute Gasteiger partial charge is 0.462 e. The minimum atomic E-state index is -4.62. The Bertz CT molecular complexity index is 1460. The Morgan fingerprint density at radius 2 is 1.00 bits per heavy atom. The molecule has 62 heavy (non-hydrogen) atoms. The molecular weight excluding hydrogens is 813 g/mol. The molecule has 1 rings (SSSR count). The minimum Gasteiger partial charge on any atom is -0.462 e. The van der Waals surface area contributed by atoms with Crippen LogP contribution >= 0.6 is 0 Å². The molecule has 354 valence electrons. The smallest absolute Gasteiger partial charge is 0.306 e. The molecule has 6 atom stereocenters. The van der Waals surface area contributed by atoms with Crippen LogP contribution in [0.2, 0.25) is 0 Å². The first-order chi connectivity index (χ1) is 30.0. The van der Waals surface area contributed by atoms with Crippen LogP contribution in [-0.4, -0.2) is 96.0 Å². The van der Waals surface area contributed by atoms with Crippen LogP contribution in [0.4, 0.5) is 0 Å². The van der Waals surface area contributed by atoms with Crippen LogP contribution in [0.5, 0.6) is 0 Å². The van der Waals surface area contributed by atoms with Gasteiger partial charge in [-0.15, -0.1) is 0 Å². The summed E-state index contributed by atoms with van der Waals surface area (Å²) >= 11 is 0. The van der Waals surface area contributed by atoms with E-state index in [1.54, 1.807) is 0 Å². The van der Waals surface area contributed by atoms with Gasteiger partial charge < -0.3 is 34.3 Å². The second-order valence-corrected chi connectivity index (χ2v) is 17.2. The molecule has 0 bridgehead atoms. The summed E-state index contributed by atoms with van der Waals surface area (Å²) < 4.78 is 53.9. The molecular formula is C49H80O12S. The topological polar surface area (TPSA) is 186 Å². The van der Waals surface area contributed by atoms with E-state index >= 15 is 0 Å². The van der Waals surface area contributed by atoms with E-state index in [1.165, 1.54) is 57.8 Å². The van der Waals surface area contributed by atoms with Crippen LogP contribution in [0.25, 0.3) is 0 Å². The lowest BCUT2D eigenvalue weighted by Crippen LogP contribution is -2.60. The van der Waals surface area contributed by atoms with Gasteiger partial charge in [-0.2, -0.15) is 8.42 Å². The summed E-state index contributed by atoms with van der Waals surface area (Å²) in [6, 6.07) is 0. The fourth-order valence-corrected chi connectivity index (χ4v) is 7.03. The molecule has 0 aromatic heterocycles. The van der Waals surface area contributed by atoms with E-state index in [0.717, 1.165) is 57.8 Å². The van der Waals surface area contributed by atoms with Crippen molar-refractivity contribution in [2.45, 2.75) is 192 Å². The van der Waals surface area contributed by atoms with Gasteiger partial charge in [-0.1, -0.05) is 144 Å². The second-order valence-electron chi connectivity index (χ2n) is 15.7. The summed E-state index contributed by atoms with van der Waals surface area (Å²) in [6.45, 7) is 3.62. The SMILES string of the molecule is CCCCC/C=C/C/C=C/C/C=C/C/C=C/C/C=C/CCC(=O)OC[C@H](CO[C@H]1O[C@H](CS(=O)(=O)O)[C@@H](O)C(O)C1O)OC(=O)CCCC/C=C/C/C=C/CCCCCCCC. The fourth-order valence-electron chi connectivity index (χ4n) is 6.33. The Kier molecular flexibility index (Phi) is 35.1. The summed E-state index contributed by atoms with van der Waals surface area (Å²) in [7, 11) is -4.62. The van der Waals surface area contributed by atoms with Crippen molar-refractivity contribution in [3.8, 4) is 0 Å². The molecule has 0 aromatic rings. The van der Waals surface area contributed by atoms with Crippen LogP contribution < -0.4 is 0 Å². The zero-order valence-corrected chi connectivity index (χ0v) is 38.5. The fraction of sp³-hybridized carbons (Fsp3) is 0.673. The summed E-state index contributed by atoms with van der Waals surface area (Å²) in [4.78, 5) is 25.4. The first-order valence-electron chi connectivity index (χ1n) is 23.1. The van der Waals surface area contributed by atoms with Gasteiger partial charge in [-0.25, -0.2) is 0 Å². The number of carbonyl (C=O) groups is 2. The molecule has 4 N–H and O–H groups in total. The van der Waals surface area contributed by atoms with Gasteiger partial charge in [0.25, 0.3) is 10.1 Å². The number of aliphatic hydroxyl groups is 3. The van der Waals surface area contributed by atoms with Gasteiger partial charge in [0.05, 0.1) is 6.61 Å². The van der Waals surface area contributed by atoms with E-state index < -0.39 is 71.2 Å². The molecule has 0 aromatic carbocycles. The summed E-state index contributed by atoms with van der Waals surface area (Å²) in [5.41, 5.74) is 0. The van der Waals surface area contributed by atoms with Gasteiger partial charge in [-0.3, -0.25) is 14.1 Å². The monoisotopic (exact) mass is 893 g/mol. The summed E-state index contributed by atoms with van der Waals surface area (Å²) in [5.74, 6) is -2.14. The molecule has 1 aliphatic rings. The quantitative estimate of drug-likeness (QED) is 0.0201. The normalized spacial score (nSPS) is 20.6. The highest BCUT2D eigenvalue weighted by atomic mass is 32.2. The Morgan fingerprint density at radius 3 is 1.53 bits per heavy atom. The van der Waals surface area contributed by atoms with Crippen molar-refractivity contribution in [1.82, 2.24) is 0 Å². The number of hydrogen-bond donors (Lipinski definition) is 4. The maximum Gasteiger partial charge on any atom is 0.306 e. The van der Waals surface area contributed by atoms with E-state index in [4.69, 9.17) is 18.9 Å². The lowest BCUT2D eigenvalue weighted by Gasteiger charge is -2.40. The van der Waals surface area contributed by atoms with Gasteiger partial charge in [0.1, 0.15) is 36.8 Å². The zero-order chi connectivity index (χ0) is 45.5. The van der Waals surface area contributed by atoms with Gasteiger partial charge in [0, 0.05) is 12.8 Å². The van der Waals surface area contributed by atoms with E-state index in [2.05, 4.69) is 86.8 Å². The van der Waals surface area contributed by atoms with Gasteiger partial charge in [-0.05, 0) is 83.5 Å². The number of unbranched alkanes of at least 4 members (excludes halogenated alkanes) is 11. The highest BCUT2D eigenvalue weighted by Crippen LogP contribution is 2.24. The molecule has 13 heteroatoms. The van der Waals surface area contributed by atoms with Crippen molar-refractivity contribution in [3.63, 3.8) is 0 Å². The van der Waals surface area contributed by atoms with Crippen molar-refractivity contribution < 1.29 is 56.8 Å². The third-order valence-corrected chi connectivity index (χ3v) is 10.7. The van der Waals surface area contributed by atoms with Gasteiger partial charge in [0.2, 0.25) is 0 Å². The highest BCUT2D eigenvalue weighted by Gasteiger charge is 2.46. The molecule has 0 amide bonds. The number of carbonyl (C=O) groups excluding carboxylic acids is 2. The number of hydrogen-bond acceptors (Lipinski definition) is 11. The number of rotatable bonds is 37. The van der Waals surface area contributed by atoms with E-state index in [0.29, 0.717) is 12.8 Å².